The summed E-state index contributed by atoms with van der Waals surface area (Å²) in [6, 6.07) is 16.8. The number of hydrogen-bond donors (Lipinski definition) is 1. The lowest BCUT2D eigenvalue weighted by atomic mass is 10.3. The van der Waals surface area contributed by atoms with E-state index in [1.807, 2.05) is 36.4 Å². The molecule has 0 aliphatic heterocycles. The van der Waals surface area contributed by atoms with Gasteiger partial charge in [0.05, 0.1) is 10.4 Å². The van der Waals surface area contributed by atoms with Crippen LogP contribution in [0.3, 0.4) is 0 Å². The van der Waals surface area contributed by atoms with E-state index in [9.17, 15) is 4.79 Å². The first-order chi connectivity index (χ1) is 11.7. The van der Waals surface area contributed by atoms with Gasteiger partial charge in [0.1, 0.15) is 5.69 Å². The zero-order valence-electron chi connectivity index (χ0n) is 12.3. The molecule has 2 aromatic heterocycles. The Balaban J connectivity index is 1.57. The largest absolute Gasteiger partial charge is 0.289 e. The maximum atomic E-state index is 11.8. The topological polar surface area (TPSA) is 54.4 Å². The molecule has 0 radical (unpaired) electrons. The van der Waals surface area contributed by atoms with Crippen molar-refractivity contribution in [2.75, 3.05) is 0 Å². The number of pyridine rings is 1. The first kappa shape index (κ1) is 16.7. The van der Waals surface area contributed by atoms with Crippen LogP contribution in [0.15, 0.2) is 75.0 Å². The van der Waals surface area contributed by atoms with Crippen molar-refractivity contribution in [3.8, 4) is 0 Å². The van der Waals surface area contributed by atoms with E-state index < -0.39 is 0 Å². The molecule has 24 heavy (non-hydrogen) atoms. The van der Waals surface area contributed by atoms with Crippen LogP contribution in [0.1, 0.15) is 15.4 Å². The Morgan fingerprint density at radius 3 is 2.75 bits per heavy atom. The lowest BCUT2D eigenvalue weighted by Crippen LogP contribution is -2.18. The Kier molecular flexibility index (Phi) is 5.63. The zero-order chi connectivity index (χ0) is 16.8. The molecule has 0 saturated heterocycles. The smallest absolute Gasteiger partial charge is 0.266 e. The monoisotopic (exact) mass is 373 g/mol. The first-order valence-electron chi connectivity index (χ1n) is 6.98. The van der Waals surface area contributed by atoms with Gasteiger partial charge < -0.3 is 0 Å². The maximum absolute atomic E-state index is 11.8. The highest BCUT2D eigenvalue weighted by Gasteiger charge is 2.04. The fraction of sp³-hybridized carbons (Fsp3) is 0. The second-order valence-electron chi connectivity index (χ2n) is 4.63. The molecule has 0 bridgehead atoms. The van der Waals surface area contributed by atoms with Crippen LogP contribution in [0.4, 0.5) is 0 Å². The maximum Gasteiger partial charge on any atom is 0.289 e. The van der Waals surface area contributed by atoms with Crippen molar-refractivity contribution >= 4 is 46.8 Å². The number of amides is 1. The van der Waals surface area contributed by atoms with Crippen molar-refractivity contribution in [3.05, 3.63) is 76.4 Å². The average Bonchev–Trinajstić information content (AvgIpc) is 3.05. The molecule has 4 nitrogen and oxygen atoms in total. The average molecular weight is 374 g/mol. The van der Waals surface area contributed by atoms with E-state index in [0.717, 1.165) is 19.0 Å². The minimum Gasteiger partial charge on any atom is -0.266 e. The Bertz CT molecular complexity index is 848. The number of aromatic nitrogens is 1. The van der Waals surface area contributed by atoms with Crippen molar-refractivity contribution in [1.29, 1.82) is 0 Å². The van der Waals surface area contributed by atoms with Gasteiger partial charge in [-0.15, -0.1) is 11.3 Å². The third-order valence-corrected chi connectivity index (χ3v) is 5.30. The van der Waals surface area contributed by atoms with E-state index in [0.29, 0.717) is 5.69 Å². The predicted octanol–water partition coefficient (Wildman–Crippen LogP) is 4.71. The molecule has 3 aromatic rings. The number of hydrogen-bond acceptors (Lipinski definition) is 5. The standard InChI is InChI=1S/C17H12ClN3OS2/c18-12-4-6-13(7-5-12)23-16-9-8-14(24-16)11-20-21-17(22)15-3-1-2-10-19-15/h1-11H,(H,21,22)/b20-11-. The van der Waals surface area contributed by atoms with Crippen LogP contribution in [-0.4, -0.2) is 17.1 Å². The number of thiophene rings is 1. The van der Waals surface area contributed by atoms with Gasteiger partial charge in [-0.2, -0.15) is 5.10 Å². The number of halogens is 1. The normalized spacial score (nSPS) is 10.9. The van der Waals surface area contributed by atoms with Gasteiger partial charge in [-0.05, 0) is 48.5 Å². The van der Waals surface area contributed by atoms with Gasteiger partial charge in [-0.1, -0.05) is 29.4 Å². The molecule has 0 unspecified atom stereocenters. The molecule has 3 rings (SSSR count). The fourth-order valence-corrected chi connectivity index (χ4v) is 3.91. The molecule has 1 aromatic carbocycles. The summed E-state index contributed by atoms with van der Waals surface area (Å²) in [6.07, 6.45) is 3.19. The molecule has 0 aliphatic rings. The van der Waals surface area contributed by atoms with E-state index >= 15 is 0 Å². The summed E-state index contributed by atoms with van der Waals surface area (Å²) in [6.45, 7) is 0. The SMILES string of the molecule is O=C(N/N=C\c1ccc(Sc2ccc(Cl)cc2)s1)c1ccccn1. The summed E-state index contributed by atoms with van der Waals surface area (Å²) in [5.74, 6) is -0.334. The van der Waals surface area contributed by atoms with Crippen LogP contribution in [0.25, 0.3) is 0 Å². The fourth-order valence-electron chi connectivity index (χ4n) is 1.79. The van der Waals surface area contributed by atoms with Crippen molar-refractivity contribution in [2.45, 2.75) is 9.10 Å². The van der Waals surface area contributed by atoms with Gasteiger partial charge in [-0.3, -0.25) is 9.78 Å². The summed E-state index contributed by atoms with van der Waals surface area (Å²) in [7, 11) is 0. The highest BCUT2D eigenvalue weighted by molar-refractivity contribution is 8.01. The van der Waals surface area contributed by atoms with Crippen molar-refractivity contribution in [2.24, 2.45) is 5.10 Å². The number of nitrogens with zero attached hydrogens (tertiary/aromatic N) is 2. The number of benzene rings is 1. The first-order valence-corrected chi connectivity index (χ1v) is 8.99. The molecule has 7 heteroatoms. The van der Waals surface area contributed by atoms with E-state index in [4.69, 9.17) is 11.6 Å². The quantitative estimate of drug-likeness (QED) is 0.520. The second-order valence-corrected chi connectivity index (χ2v) is 7.55. The molecule has 0 spiro atoms. The van der Waals surface area contributed by atoms with Gasteiger partial charge >= 0.3 is 0 Å². The molecule has 1 amide bonds. The van der Waals surface area contributed by atoms with Crippen molar-refractivity contribution < 1.29 is 4.79 Å². The zero-order valence-corrected chi connectivity index (χ0v) is 14.7. The highest BCUT2D eigenvalue weighted by atomic mass is 35.5. The van der Waals surface area contributed by atoms with Gasteiger partial charge in [0.25, 0.3) is 5.91 Å². The summed E-state index contributed by atoms with van der Waals surface area (Å²) >= 11 is 9.13. The minimum absolute atomic E-state index is 0.333. The summed E-state index contributed by atoms with van der Waals surface area (Å²) in [4.78, 5) is 17.8. The number of hydrazone groups is 1. The minimum atomic E-state index is -0.334. The highest BCUT2D eigenvalue weighted by Crippen LogP contribution is 2.33. The lowest BCUT2D eigenvalue weighted by Gasteiger charge is -1.98. The van der Waals surface area contributed by atoms with Gasteiger partial charge in [0, 0.05) is 21.0 Å². The molecule has 0 atom stereocenters. The number of carbonyl (C=O) groups excluding carboxylic acids is 1. The van der Waals surface area contributed by atoms with Crippen molar-refractivity contribution in [3.63, 3.8) is 0 Å². The third-order valence-electron chi connectivity index (χ3n) is 2.89. The number of nitrogens with one attached hydrogen (secondary N) is 1. The molecule has 2 heterocycles. The molecule has 0 fully saturated rings. The van der Waals surface area contributed by atoms with E-state index in [2.05, 4.69) is 15.5 Å². The Labute approximate surface area is 152 Å². The second kappa shape index (κ2) is 8.10. The summed E-state index contributed by atoms with van der Waals surface area (Å²) in [5, 5.41) is 4.69. The summed E-state index contributed by atoms with van der Waals surface area (Å²) < 4.78 is 1.13. The molecule has 0 aliphatic carbocycles. The van der Waals surface area contributed by atoms with Crippen LogP contribution in [0.2, 0.25) is 5.02 Å². The molecule has 120 valence electrons. The predicted molar refractivity (Wildman–Crippen MR) is 99.2 cm³/mol. The lowest BCUT2D eigenvalue weighted by molar-refractivity contribution is 0.0950. The van der Waals surface area contributed by atoms with Crippen LogP contribution in [-0.2, 0) is 0 Å². The third kappa shape index (κ3) is 4.67. The Morgan fingerprint density at radius 1 is 1.17 bits per heavy atom. The van der Waals surface area contributed by atoms with E-state index in [1.54, 1.807) is 53.7 Å². The molecular weight excluding hydrogens is 362 g/mol. The van der Waals surface area contributed by atoms with Crippen molar-refractivity contribution in [1.82, 2.24) is 10.4 Å². The molecule has 0 saturated carbocycles. The van der Waals surface area contributed by atoms with E-state index in [-0.39, 0.29) is 5.91 Å². The van der Waals surface area contributed by atoms with Crippen LogP contribution in [0.5, 0.6) is 0 Å². The van der Waals surface area contributed by atoms with Gasteiger partial charge in [0.2, 0.25) is 0 Å². The van der Waals surface area contributed by atoms with Gasteiger partial charge in [-0.25, -0.2) is 5.43 Å². The number of rotatable bonds is 5. The van der Waals surface area contributed by atoms with E-state index in [1.165, 1.54) is 0 Å². The summed E-state index contributed by atoms with van der Waals surface area (Å²) in [5.41, 5.74) is 2.80. The molecular formula is C17H12ClN3OS2. The van der Waals surface area contributed by atoms with Gasteiger partial charge in [0.15, 0.2) is 0 Å². The van der Waals surface area contributed by atoms with Crippen LogP contribution < -0.4 is 5.43 Å². The van der Waals surface area contributed by atoms with Crippen LogP contribution in [0, 0.1) is 0 Å². The number of carbonyl (C=O) groups is 1. The Morgan fingerprint density at radius 2 is 2.00 bits per heavy atom. The molecule has 1 N–H and O–H groups in total. The Hall–Kier alpha value is -2.15. The van der Waals surface area contributed by atoms with Crippen LogP contribution >= 0.6 is 34.7 Å².